The van der Waals surface area contributed by atoms with Crippen LogP contribution in [0.2, 0.25) is 0 Å². The van der Waals surface area contributed by atoms with Crippen molar-refractivity contribution in [2.45, 2.75) is 45.4 Å². The van der Waals surface area contributed by atoms with E-state index in [2.05, 4.69) is 26.0 Å². The Morgan fingerprint density at radius 3 is 2.38 bits per heavy atom. The minimum atomic E-state index is -0.424. The molecule has 0 fully saturated rings. The first-order chi connectivity index (χ1) is 13.9. The predicted molar refractivity (Wildman–Crippen MR) is 113 cm³/mol. The van der Waals surface area contributed by atoms with E-state index in [1.54, 1.807) is 12.1 Å². The molecular formula is C25H27FO3. The molecule has 29 heavy (non-hydrogen) atoms. The standard InChI is InChI=1S/C25H27FO3/c1-16(2)5-3-6-17-9-14-20(21(15-17)18-10-12-19(26)13-11-18)25(29)24-22(27)7-4-8-23(24)28/h4-5,7-13,20-21,27-28H,3,6,14-15H2,1-2H3/t20-,21+/m0/s1. The van der Waals surface area contributed by atoms with E-state index in [1.165, 1.54) is 41.5 Å². The van der Waals surface area contributed by atoms with Crippen LogP contribution in [0.15, 0.2) is 65.8 Å². The van der Waals surface area contributed by atoms with Gasteiger partial charge in [0.1, 0.15) is 22.9 Å². The first-order valence-corrected chi connectivity index (χ1v) is 9.98. The zero-order valence-electron chi connectivity index (χ0n) is 16.9. The molecule has 0 bridgehead atoms. The number of phenolic OH excluding ortho intramolecular Hbond substituents is 2. The average molecular weight is 394 g/mol. The van der Waals surface area contributed by atoms with E-state index in [0.717, 1.165) is 18.4 Å². The number of benzene rings is 2. The van der Waals surface area contributed by atoms with E-state index in [-0.39, 0.29) is 34.6 Å². The minimum absolute atomic E-state index is 0.0361. The lowest BCUT2D eigenvalue weighted by Crippen LogP contribution is -2.26. The number of allylic oxidation sites excluding steroid dienone is 4. The van der Waals surface area contributed by atoms with Gasteiger partial charge in [0.05, 0.1) is 0 Å². The summed E-state index contributed by atoms with van der Waals surface area (Å²) in [6, 6.07) is 10.6. The topological polar surface area (TPSA) is 57.5 Å². The number of hydrogen-bond acceptors (Lipinski definition) is 3. The summed E-state index contributed by atoms with van der Waals surface area (Å²) < 4.78 is 13.4. The molecule has 0 aromatic heterocycles. The Bertz CT molecular complexity index is 917. The Balaban J connectivity index is 1.92. The molecule has 2 N–H and O–H groups in total. The van der Waals surface area contributed by atoms with Crippen molar-refractivity contribution in [1.82, 2.24) is 0 Å². The van der Waals surface area contributed by atoms with Gasteiger partial charge >= 0.3 is 0 Å². The molecule has 0 spiro atoms. The third-order valence-electron chi connectivity index (χ3n) is 5.55. The largest absolute Gasteiger partial charge is 0.507 e. The second-order valence-electron chi connectivity index (χ2n) is 7.92. The fourth-order valence-corrected chi connectivity index (χ4v) is 4.03. The van der Waals surface area contributed by atoms with E-state index < -0.39 is 5.92 Å². The lowest BCUT2D eigenvalue weighted by molar-refractivity contribution is 0.0889. The summed E-state index contributed by atoms with van der Waals surface area (Å²) in [5, 5.41) is 20.3. The Labute approximate surface area is 171 Å². The quantitative estimate of drug-likeness (QED) is 0.447. The predicted octanol–water partition coefficient (Wildman–Crippen LogP) is 6.29. The zero-order chi connectivity index (χ0) is 21.0. The maximum absolute atomic E-state index is 13.4. The molecule has 152 valence electrons. The summed E-state index contributed by atoms with van der Waals surface area (Å²) in [5.41, 5.74) is 3.42. The third-order valence-corrected chi connectivity index (χ3v) is 5.55. The van der Waals surface area contributed by atoms with Crippen LogP contribution in [0.1, 0.15) is 61.4 Å². The van der Waals surface area contributed by atoms with Crippen molar-refractivity contribution >= 4 is 5.78 Å². The summed E-state index contributed by atoms with van der Waals surface area (Å²) in [4.78, 5) is 13.3. The molecule has 0 amide bonds. The van der Waals surface area contributed by atoms with E-state index in [4.69, 9.17) is 0 Å². The first-order valence-electron chi connectivity index (χ1n) is 9.98. The molecule has 0 saturated heterocycles. The second-order valence-corrected chi connectivity index (χ2v) is 7.92. The van der Waals surface area contributed by atoms with Crippen LogP contribution in [0, 0.1) is 11.7 Å². The van der Waals surface area contributed by atoms with E-state index in [0.29, 0.717) is 12.8 Å². The molecule has 0 radical (unpaired) electrons. The lowest BCUT2D eigenvalue weighted by atomic mass is 9.72. The molecule has 2 aromatic rings. The molecule has 2 aromatic carbocycles. The molecule has 3 rings (SSSR count). The molecule has 0 unspecified atom stereocenters. The van der Waals surface area contributed by atoms with Gasteiger partial charge in [-0.1, -0.05) is 41.5 Å². The minimum Gasteiger partial charge on any atom is -0.507 e. The SMILES string of the molecule is CC(C)=CCCC1=CC[C@H](C(=O)c2c(O)cccc2O)[C@@H](c2ccc(F)cc2)C1. The molecular weight excluding hydrogens is 367 g/mol. The monoisotopic (exact) mass is 394 g/mol. The highest BCUT2D eigenvalue weighted by atomic mass is 19.1. The van der Waals surface area contributed by atoms with Crippen LogP contribution < -0.4 is 0 Å². The van der Waals surface area contributed by atoms with Gasteiger partial charge < -0.3 is 10.2 Å². The van der Waals surface area contributed by atoms with Gasteiger partial charge in [-0.25, -0.2) is 4.39 Å². The van der Waals surface area contributed by atoms with Gasteiger partial charge in [-0.3, -0.25) is 4.79 Å². The zero-order valence-corrected chi connectivity index (χ0v) is 16.9. The van der Waals surface area contributed by atoms with Crippen LogP contribution in [0.25, 0.3) is 0 Å². The second kappa shape index (κ2) is 9.08. The van der Waals surface area contributed by atoms with Crippen LogP contribution in [-0.2, 0) is 0 Å². The molecule has 3 nitrogen and oxygen atoms in total. The highest BCUT2D eigenvalue weighted by Gasteiger charge is 2.35. The average Bonchev–Trinajstić information content (AvgIpc) is 2.68. The van der Waals surface area contributed by atoms with Crippen molar-refractivity contribution in [3.63, 3.8) is 0 Å². The summed E-state index contributed by atoms with van der Waals surface area (Å²) >= 11 is 0. The molecule has 4 heteroatoms. The van der Waals surface area contributed by atoms with E-state index >= 15 is 0 Å². The van der Waals surface area contributed by atoms with Crippen LogP contribution >= 0.6 is 0 Å². The van der Waals surface area contributed by atoms with E-state index in [1.807, 2.05) is 0 Å². The molecule has 0 heterocycles. The number of carbonyl (C=O) groups is 1. The number of Topliss-reactive ketones (excluding diaryl/α,β-unsaturated/α-hetero) is 1. The van der Waals surface area contributed by atoms with Crippen LogP contribution in [0.5, 0.6) is 11.5 Å². The van der Waals surface area contributed by atoms with E-state index in [9.17, 15) is 19.4 Å². The number of ketones is 1. The smallest absolute Gasteiger partial charge is 0.174 e. The van der Waals surface area contributed by atoms with Crippen molar-refractivity contribution in [2.75, 3.05) is 0 Å². The molecule has 0 saturated carbocycles. The van der Waals surface area contributed by atoms with Gasteiger partial charge in [0.25, 0.3) is 0 Å². The van der Waals surface area contributed by atoms with Gasteiger partial charge in [0, 0.05) is 5.92 Å². The number of hydrogen-bond donors (Lipinski definition) is 2. The Kier molecular flexibility index (Phi) is 6.53. The summed E-state index contributed by atoms with van der Waals surface area (Å²) in [5.74, 6) is -1.59. The van der Waals surface area contributed by atoms with Crippen molar-refractivity contribution < 1.29 is 19.4 Å². The highest BCUT2D eigenvalue weighted by molar-refractivity contribution is 6.03. The van der Waals surface area contributed by atoms with Crippen molar-refractivity contribution in [3.05, 3.63) is 82.7 Å². The van der Waals surface area contributed by atoms with Crippen LogP contribution in [-0.4, -0.2) is 16.0 Å². The Hall–Kier alpha value is -2.88. The van der Waals surface area contributed by atoms with Gasteiger partial charge in [0.2, 0.25) is 0 Å². The number of phenols is 2. The number of halogens is 1. The number of rotatable bonds is 6. The molecule has 1 aliphatic carbocycles. The molecule has 2 atom stereocenters. The summed E-state index contributed by atoms with van der Waals surface area (Å²) in [6.45, 7) is 4.15. The maximum atomic E-state index is 13.4. The van der Waals surface area contributed by atoms with Crippen molar-refractivity contribution in [3.8, 4) is 11.5 Å². The van der Waals surface area contributed by atoms with Gasteiger partial charge in [-0.2, -0.15) is 0 Å². The molecule has 1 aliphatic rings. The van der Waals surface area contributed by atoms with Gasteiger partial charge in [-0.15, -0.1) is 0 Å². The number of carbonyl (C=O) groups excluding carboxylic acids is 1. The van der Waals surface area contributed by atoms with Crippen molar-refractivity contribution in [2.24, 2.45) is 5.92 Å². The Morgan fingerprint density at radius 2 is 1.76 bits per heavy atom. The lowest BCUT2D eigenvalue weighted by Gasteiger charge is -2.31. The van der Waals surface area contributed by atoms with Crippen LogP contribution in [0.4, 0.5) is 4.39 Å². The van der Waals surface area contributed by atoms with Crippen molar-refractivity contribution in [1.29, 1.82) is 0 Å². The Morgan fingerprint density at radius 1 is 1.10 bits per heavy atom. The number of aromatic hydroxyl groups is 2. The fourth-order valence-electron chi connectivity index (χ4n) is 4.03. The summed E-state index contributed by atoms with van der Waals surface area (Å²) in [7, 11) is 0. The summed E-state index contributed by atoms with van der Waals surface area (Å²) in [6.07, 6.45) is 7.41. The third kappa shape index (κ3) is 4.94. The van der Waals surface area contributed by atoms with Crippen LogP contribution in [0.3, 0.4) is 0 Å². The van der Waals surface area contributed by atoms with Gasteiger partial charge in [0.15, 0.2) is 5.78 Å². The normalized spacial score (nSPS) is 18.8. The van der Waals surface area contributed by atoms with Gasteiger partial charge in [-0.05, 0) is 75.3 Å². The highest BCUT2D eigenvalue weighted by Crippen LogP contribution is 2.43. The first kappa shape index (κ1) is 20.8. The fraction of sp³-hybridized carbons (Fsp3) is 0.320. The molecule has 0 aliphatic heterocycles. The maximum Gasteiger partial charge on any atom is 0.174 e.